The number of nitrogens with one attached hydrogen (secondary N) is 1. The number of benzene rings is 1. The number of pyridine rings is 1. The maximum absolute atomic E-state index is 12.6. The van der Waals surface area contributed by atoms with Gasteiger partial charge in [-0.15, -0.1) is 0 Å². The van der Waals surface area contributed by atoms with E-state index < -0.39 is 17.4 Å². The number of carbonyl (C=O) groups is 1. The number of aromatic amines is 1. The van der Waals surface area contributed by atoms with Crippen LogP contribution in [-0.2, 0) is 9.53 Å². The summed E-state index contributed by atoms with van der Waals surface area (Å²) in [4.78, 5) is 25.6. The van der Waals surface area contributed by atoms with Gasteiger partial charge in [-0.1, -0.05) is 0 Å². The minimum Gasteiger partial charge on any atom is -0.481 e. The molecular weight excluding hydrogens is 469 g/mol. The lowest BCUT2D eigenvalue weighted by molar-refractivity contribution is -0.158. The van der Waals surface area contributed by atoms with E-state index in [1.165, 1.54) is 12.1 Å². The molecule has 1 atom stereocenters. The molecule has 2 aliphatic rings. The first-order valence-corrected chi connectivity index (χ1v) is 11.9. The summed E-state index contributed by atoms with van der Waals surface area (Å²) in [6.07, 6.45) is 4.77. The highest BCUT2D eigenvalue weighted by Gasteiger charge is 2.41. The number of nitrogens with zero attached hydrogens (tertiary/aromatic N) is 3. The van der Waals surface area contributed by atoms with Crippen molar-refractivity contribution < 1.29 is 27.8 Å². The maximum Gasteiger partial charge on any atom is 0.446 e. The number of alkyl halides is 3. The number of hydrogen-bond acceptors (Lipinski definition) is 6. The number of carboxylic acids is 1. The van der Waals surface area contributed by atoms with E-state index in [2.05, 4.69) is 19.9 Å². The van der Waals surface area contributed by atoms with Gasteiger partial charge in [-0.25, -0.2) is 9.97 Å². The van der Waals surface area contributed by atoms with Gasteiger partial charge >= 0.3 is 11.5 Å². The van der Waals surface area contributed by atoms with Crippen molar-refractivity contribution in [1.29, 1.82) is 0 Å². The lowest BCUT2D eigenvalue weighted by Crippen LogP contribution is -2.50. The van der Waals surface area contributed by atoms with Crippen molar-refractivity contribution in [1.82, 2.24) is 15.0 Å². The fourth-order valence-electron chi connectivity index (χ4n) is 4.64. The first kappa shape index (κ1) is 23.0. The van der Waals surface area contributed by atoms with Gasteiger partial charge < -0.3 is 19.7 Å². The third-order valence-corrected chi connectivity index (χ3v) is 7.32. The van der Waals surface area contributed by atoms with E-state index in [9.17, 15) is 18.0 Å². The second-order valence-corrected chi connectivity index (χ2v) is 9.91. The van der Waals surface area contributed by atoms with Crippen molar-refractivity contribution in [2.24, 2.45) is 5.92 Å². The summed E-state index contributed by atoms with van der Waals surface area (Å²) in [5, 5.41) is 9.17. The molecule has 1 aromatic carbocycles. The summed E-state index contributed by atoms with van der Waals surface area (Å²) >= 11 is -0.159. The molecule has 5 rings (SSSR count). The van der Waals surface area contributed by atoms with E-state index in [0.29, 0.717) is 23.3 Å². The normalized spacial score (nSPS) is 20.7. The van der Waals surface area contributed by atoms with E-state index in [1.807, 2.05) is 12.1 Å². The zero-order valence-electron chi connectivity index (χ0n) is 18.1. The van der Waals surface area contributed by atoms with Crippen LogP contribution in [0.2, 0.25) is 0 Å². The lowest BCUT2D eigenvalue weighted by Gasteiger charge is -2.45. The number of H-pyrrole nitrogens is 1. The van der Waals surface area contributed by atoms with Gasteiger partial charge in [0.05, 0.1) is 29.2 Å². The predicted octanol–water partition coefficient (Wildman–Crippen LogP) is 5.09. The first-order chi connectivity index (χ1) is 16.2. The van der Waals surface area contributed by atoms with Crippen molar-refractivity contribution >= 4 is 34.6 Å². The molecule has 11 heteroatoms. The largest absolute Gasteiger partial charge is 0.481 e. The molecule has 7 nitrogen and oxygen atoms in total. The Balaban J connectivity index is 1.24. The molecule has 0 aliphatic carbocycles. The van der Waals surface area contributed by atoms with Gasteiger partial charge in [0.25, 0.3) is 0 Å². The highest BCUT2D eigenvalue weighted by Crippen LogP contribution is 2.39. The number of piperidine rings is 1. The number of aromatic nitrogens is 3. The molecule has 0 saturated carbocycles. The number of halogens is 3. The number of hydrogen-bond donors (Lipinski definition) is 2. The van der Waals surface area contributed by atoms with Gasteiger partial charge in [0.1, 0.15) is 11.6 Å². The molecule has 1 spiro atoms. The summed E-state index contributed by atoms with van der Waals surface area (Å²) < 4.78 is 43.9. The van der Waals surface area contributed by atoms with E-state index in [1.54, 1.807) is 12.3 Å². The Morgan fingerprint density at radius 3 is 2.62 bits per heavy atom. The average Bonchev–Trinajstić information content (AvgIpc) is 3.22. The molecule has 1 unspecified atom stereocenters. The van der Waals surface area contributed by atoms with Crippen LogP contribution >= 0.6 is 11.8 Å². The molecule has 0 bridgehead atoms. The highest BCUT2D eigenvalue weighted by molar-refractivity contribution is 8.00. The molecule has 2 N–H and O–H groups in total. The topological polar surface area (TPSA) is 91.3 Å². The van der Waals surface area contributed by atoms with Crippen molar-refractivity contribution in [2.75, 3.05) is 24.6 Å². The molecule has 0 amide bonds. The van der Waals surface area contributed by atoms with Gasteiger partial charge in [0, 0.05) is 29.7 Å². The fraction of sp³-hybridized carbons (Fsp3) is 0.435. The Labute approximate surface area is 197 Å². The first-order valence-electron chi connectivity index (χ1n) is 11.0. The van der Waals surface area contributed by atoms with Crippen molar-refractivity contribution in [3.63, 3.8) is 0 Å². The van der Waals surface area contributed by atoms with Crippen LogP contribution in [0, 0.1) is 5.92 Å². The molecule has 2 saturated heterocycles. The third kappa shape index (κ3) is 4.85. The number of carboxylic acid groups (broad SMARTS) is 1. The maximum atomic E-state index is 12.6. The second-order valence-electron chi connectivity index (χ2n) is 8.77. The Bertz CT molecular complexity index is 1180. The summed E-state index contributed by atoms with van der Waals surface area (Å²) in [6.45, 7) is 1.82. The van der Waals surface area contributed by atoms with Crippen LogP contribution < -0.4 is 4.90 Å². The molecular formula is C23H23F3N4O3S. The van der Waals surface area contributed by atoms with Crippen LogP contribution in [-0.4, -0.2) is 56.8 Å². The van der Waals surface area contributed by atoms with E-state index in [0.717, 1.165) is 43.7 Å². The van der Waals surface area contributed by atoms with Crippen LogP contribution in [0.1, 0.15) is 25.7 Å². The number of rotatable bonds is 4. The molecule has 4 heterocycles. The molecule has 34 heavy (non-hydrogen) atoms. The van der Waals surface area contributed by atoms with Crippen LogP contribution in [0.3, 0.4) is 0 Å². The van der Waals surface area contributed by atoms with E-state index >= 15 is 0 Å². The minimum absolute atomic E-state index is 0.0924. The molecule has 3 aromatic rings. The number of aliphatic carboxylic acids is 1. The highest BCUT2D eigenvalue weighted by atomic mass is 32.2. The van der Waals surface area contributed by atoms with Gasteiger partial charge in [0.15, 0.2) is 0 Å². The SMILES string of the molecule is O=C(O)C1CCC2(CCN(c3ccc(-c4nc5cc(SC(F)(F)F)ccc5[nH]4)cn3)CC2)OC1. The predicted molar refractivity (Wildman–Crippen MR) is 122 cm³/mol. The van der Waals surface area contributed by atoms with Crippen molar-refractivity contribution in [3.05, 3.63) is 36.5 Å². The number of thioether (sulfide) groups is 1. The fourth-order valence-corrected chi connectivity index (χ4v) is 5.21. The van der Waals surface area contributed by atoms with Crippen LogP contribution in [0.25, 0.3) is 22.4 Å². The van der Waals surface area contributed by atoms with Crippen LogP contribution in [0.4, 0.5) is 19.0 Å². The smallest absolute Gasteiger partial charge is 0.446 e. The van der Waals surface area contributed by atoms with Gasteiger partial charge in [-0.2, -0.15) is 13.2 Å². The summed E-state index contributed by atoms with van der Waals surface area (Å²) in [5.41, 5.74) is -2.71. The second kappa shape index (κ2) is 8.77. The van der Waals surface area contributed by atoms with Crippen LogP contribution in [0.5, 0.6) is 0 Å². The monoisotopic (exact) mass is 492 g/mol. The van der Waals surface area contributed by atoms with E-state index in [-0.39, 0.29) is 28.9 Å². The summed E-state index contributed by atoms with van der Waals surface area (Å²) in [5.74, 6) is 0.176. The lowest BCUT2D eigenvalue weighted by atomic mass is 9.82. The van der Waals surface area contributed by atoms with Gasteiger partial charge in [-0.3, -0.25) is 4.79 Å². The Kier molecular flexibility index (Phi) is 5.93. The minimum atomic E-state index is -4.34. The quantitative estimate of drug-likeness (QED) is 0.491. The molecule has 180 valence electrons. The zero-order valence-corrected chi connectivity index (χ0v) is 19.0. The Morgan fingerprint density at radius 1 is 1.21 bits per heavy atom. The van der Waals surface area contributed by atoms with E-state index in [4.69, 9.17) is 9.84 Å². The Morgan fingerprint density at radius 2 is 2.00 bits per heavy atom. The van der Waals surface area contributed by atoms with Gasteiger partial charge in [0.2, 0.25) is 0 Å². The third-order valence-electron chi connectivity index (χ3n) is 6.60. The summed E-state index contributed by atoms with van der Waals surface area (Å²) in [7, 11) is 0. The number of ether oxygens (including phenoxy) is 1. The summed E-state index contributed by atoms with van der Waals surface area (Å²) in [6, 6.07) is 8.24. The number of imidazole rings is 1. The molecule has 2 aromatic heterocycles. The molecule has 2 fully saturated rings. The molecule has 2 aliphatic heterocycles. The van der Waals surface area contributed by atoms with Crippen molar-refractivity contribution in [3.8, 4) is 11.4 Å². The zero-order chi connectivity index (χ0) is 23.9. The number of fused-ring (bicyclic) bond motifs is 1. The standard InChI is InChI=1S/C23H23F3N4O3S/c24-23(25,26)34-16-2-3-17-18(11-16)29-20(28-17)14-1-4-19(27-12-14)30-9-7-22(8-10-30)6-5-15(13-33-22)21(31)32/h1-4,11-12,15H,5-10,13H2,(H,28,29)(H,31,32). The number of anilines is 1. The van der Waals surface area contributed by atoms with Gasteiger partial charge in [-0.05, 0) is 67.8 Å². The van der Waals surface area contributed by atoms with Crippen LogP contribution in [0.15, 0.2) is 41.4 Å². The molecule has 0 radical (unpaired) electrons. The Hall–Kier alpha value is -2.79. The average molecular weight is 493 g/mol. The van der Waals surface area contributed by atoms with Crippen molar-refractivity contribution in [2.45, 2.75) is 41.7 Å².